The van der Waals surface area contributed by atoms with E-state index in [4.69, 9.17) is 5.11 Å². The van der Waals surface area contributed by atoms with Crippen molar-refractivity contribution in [2.45, 2.75) is 25.8 Å². The highest BCUT2D eigenvalue weighted by Crippen LogP contribution is 2.41. The Bertz CT molecular complexity index is 566. The third-order valence-electron chi connectivity index (χ3n) is 3.63. The maximum atomic E-state index is 12.0. The molecule has 7 heteroatoms. The third kappa shape index (κ3) is 2.47. The number of hydrogen-bond acceptors (Lipinski definition) is 4. The van der Waals surface area contributed by atoms with E-state index < -0.39 is 22.2 Å². The molecule has 7 nitrogen and oxygen atoms in total. The Balaban J connectivity index is 2.02. The minimum Gasteiger partial charge on any atom is -0.480 e. The molecule has 0 heterocycles. The smallest absolute Gasteiger partial charge is 0.319 e. The lowest BCUT2D eigenvalue weighted by atomic mass is 9.68. The molecule has 1 fully saturated rings. The van der Waals surface area contributed by atoms with Crippen LogP contribution in [0.15, 0.2) is 24.3 Å². The van der Waals surface area contributed by atoms with Crippen LogP contribution in [0.3, 0.4) is 0 Å². The first-order valence-electron chi connectivity index (χ1n) is 6.21. The molecular weight excluding hydrogens is 264 g/mol. The predicted molar refractivity (Wildman–Crippen MR) is 68.9 cm³/mol. The van der Waals surface area contributed by atoms with Crippen molar-refractivity contribution in [2.75, 3.05) is 0 Å². The zero-order valence-electron chi connectivity index (χ0n) is 10.7. The first-order valence-corrected chi connectivity index (χ1v) is 6.21. The molecule has 1 aromatic rings. The quantitative estimate of drug-likeness (QED) is 0.481. The van der Waals surface area contributed by atoms with Gasteiger partial charge in [-0.2, -0.15) is 0 Å². The Hall–Kier alpha value is -2.44. The molecule has 1 amide bonds. The van der Waals surface area contributed by atoms with Crippen LogP contribution in [0.4, 0.5) is 5.69 Å². The van der Waals surface area contributed by atoms with Gasteiger partial charge in [0.1, 0.15) is 5.41 Å². The fourth-order valence-electron chi connectivity index (χ4n) is 2.20. The number of carboxylic acid groups (broad SMARTS) is 1. The Morgan fingerprint density at radius 1 is 1.40 bits per heavy atom. The van der Waals surface area contributed by atoms with Gasteiger partial charge in [-0.15, -0.1) is 0 Å². The van der Waals surface area contributed by atoms with Crippen molar-refractivity contribution in [3.05, 3.63) is 39.9 Å². The van der Waals surface area contributed by atoms with Crippen LogP contribution in [0.5, 0.6) is 0 Å². The number of nitrogens with one attached hydrogen (secondary N) is 1. The van der Waals surface area contributed by atoms with Gasteiger partial charge in [-0.3, -0.25) is 19.7 Å². The number of carbonyl (C=O) groups is 2. The molecular formula is C13H14N2O5. The second-order valence-corrected chi connectivity index (χ2v) is 4.85. The Labute approximate surface area is 114 Å². The van der Waals surface area contributed by atoms with E-state index in [2.05, 4.69) is 5.32 Å². The number of hydrogen-bond donors (Lipinski definition) is 2. The molecule has 2 rings (SSSR count). The van der Waals surface area contributed by atoms with Crippen LogP contribution >= 0.6 is 0 Å². The van der Waals surface area contributed by atoms with Gasteiger partial charge in [-0.05, 0) is 18.4 Å². The summed E-state index contributed by atoms with van der Waals surface area (Å²) in [6.07, 6.45) is 1.39. The van der Waals surface area contributed by atoms with E-state index in [1.807, 2.05) is 0 Å². The summed E-state index contributed by atoms with van der Waals surface area (Å²) in [4.78, 5) is 33.2. The number of benzene rings is 1. The summed E-state index contributed by atoms with van der Waals surface area (Å²) in [5.74, 6) is -1.64. The van der Waals surface area contributed by atoms with Gasteiger partial charge in [0.25, 0.3) is 5.69 Å². The van der Waals surface area contributed by atoms with Gasteiger partial charge in [0.05, 0.1) is 4.92 Å². The molecule has 1 aromatic carbocycles. The first kappa shape index (κ1) is 14.0. The van der Waals surface area contributed by atoms with Crippen molar-refractivity contribution in [1.29, 1.82) is 0 Å². The molecule has 1 aliphatic carbocycles. The van der Waals surface area contributed by atoms with Crippen molar-refractivity contribution in [2.24, 2.45) is 5.41 Å². The average Bonchev–Trinajstić information content (AvgIpc) is 2.34. The number of aliphatic carboxylic acids is 1. The van der Waals surface area contributed by atoms with Crippen LogP contribution in [0.1, 0.15) is 24.8 Å². The minimum absolute atomic E-state index is 0.0617. The Morgan fingerprint density at radius 2 is 2.10 bits per heavy atom. The lowest BCUT2D eigenvalue weighted by Gasteiger charge is -2.35. The number of amides is 1. The molecule has 0 bridgehead atoms. The third-order valence-corrected chi connectivity index (χ3v) is 3.63. The Morgan fingerprint density at radius 3 is 2.60 bits per heavy atom. The number of nitro groups is 1. The number of non-ortho nitro benzene ring substituents is 1. The zero-order chi connectivity index (χ0) is 14.8. The maximum absolute atomic E-state index is 12.0. The van der Waals surface area contributed by atoms with Crippen LogP contribution in [0.25, 0.3) is 0 Å². The largest absolute Gasteiger partial charge is 0.480 e. The first-order chi connectivity index (χ1) is 9.45. The van der Waals surface area contributed by atoms with Crippen LogP contribution in [0, 0.1) is 15.5 Å². The van der Waals surface area contributed by atoms with Crippen molar-refractivity contribution < 1.29 is 19.6 Å². The highest BCUT2D eigenvalue weighted by molar-refractivity contribution is 6.02. The van der Waals surface area contributed by atoms with Gasteiger partial charge in [0.15, 0.2) is 0 Å². The molecule has 2 N–H and O–H groups in total. The molecule has 20 heavy (non-hydrogen) atoms. The molecule has 0 unspecified atom stereocenters. The highest BCUT2D eigenvalue weighted by atomic mass is 16.6. The zero-order valence-corrected chi connectivity index (χ0v) is 10.7. The van der Waals surface area contributed by atoms with Gasteiger partial charge >= 0.3 is 5.97 Å². The molecule has 0 aromatic heterocycles. The summed E-state index contributed by atoms with van der Waals surface area (Å²) in [6.45, 7) is 0.0789. The van der Waals surface area contributed by atoms with E-state index in [-0.39, 0.29) is 12.2 Å². The number of carboxylic acids is 1. The van der Waals surface area contributed by atoms with Gasteiger partial charge in [-0.1, -0.05) is 18.6 Å². The topological polar surface area (TPSA) is 110 Å². The number of nitrogens with zero attached hydrogens (tertiary/aromatic N) is 1. The summed E-state index contributed by atoms with van der Waals surface area (Å²) in [5.41, 5.74) is -0.818. The molecule has 1 aliphatic rings. The molecule has 0 atom stereocenters. The van der Waals surface area contributed by atoms with Gasteiger partial charge < -0.3 is 10.4 Å². The van der Waals surface area contributed by atoms with E-state index in [1.165, 1.54) is 18.2 Å². The number of carbonyl (C=O) groups excluding carboxylic acids is 1. The van der Waals surface area contributed by atoms with Gasteiger partial charge in [-0.25, -0.2) is 0 Å². The fraction of sp³-hybridized carbons (Fsp3) is 0.385. The SMILES string of the molecule is O=C(O)C1(C(=O)NCc2cccc([N+](=O)[O-])c2)CCC1. The standard InChI is InChI=1S/C13H14N2O5/c16-11(13(12(17)18)5-2-6-13)14-8-9-3-1-4-10(7-9)15(19)20/h1,3-4,7H,2,5-6,8H2,(H,14,16)(H,17,18). The molecule has 1 saturated carbocycles. The second kappa shape index (κ2) is 5.28. The van der Waals surface area contributed by atoms with E-state index in [1.54, 1.807) is 6.07 Å². The second-order valence-electron chi connectivity index (χ2n) is 4.85. The van der Waals surface area contributed by atoms with E-state index in [9.17, 15) is 19.7 Å². The average molecular weight is 278 g/mol. The van der Waals surface area contributed by atoms with Crippen molar-refractivity contribution in [1.82, 2.24) is 5.32 Å². The number of nitro benzene ring substituents is 1. The van der Waals surface area contributed by atoms with E-state index >= 15 is 0 Å². The summed E-state index contributed by atoms with van der Waals surface area (Å²) < 4.78 is 0. The summed E-state index contributed by atoms with van der Waals surface area (Å²) >= 11 is 0. The summed E-state index contributed by atoms with van der Waals surface area (Å²) in [6, 6.07) is 5.88. The van der Waals surface area contributed by atoms with E-state index in [0.29, 0.717) is 18.4 Å². The van der Waals surface area contributed by atoms with Crippen LogP contribution in [-0.2, 0) is 16.1 Å². The van der Waals surface area contributed by atoms with Crippen LogP contribution < -0.4 is 5.32 Å². The predicted octanol–water partition coefficient (Wildman–Crippen LogP) is 1.47. The van der Waals surface area contributed by atoms with Crippen molar-refractivity contribution >= 4 is 17.6 Å². The highest BCUT2D eigenvalue weighted by Gasteiger charge is 2.50. The lowest BCUT2D eigenvalue weighted by Crippen LogP contribution is -2.50. The summed E-state index contributed by atoms with van der Waals surface area (Å²) in [7, 11) is 0. The molecule has 0 spiro atoms. The molecule has 0 saturated heterocycles. The minimum atomic E-state index is -1.32. The normalized spacial score (nSPS) is 16.0. The molecule has 0 aliphatic heterocycles. The molecule has 106 valence electrons. The van der Waals surface area contributed by atoms with Crippen molar-refractivity contribution in [3.63, 3.8) is 0 Å². The maximum Gasteiger partial charge on any atom is 0.319 e. The fourth-order valence-corrected chi connectivity index (χ4v) is 2.20. The monoisotopic (exact) mass is 278 g/mol. The van der Waals surface area contributed by atoms with Gasteiger partial charge in [0.2, 0.25) is 5.91 Å². The van der Waals surface area contributed by atoms with Crippen molar-refractivity contribution in [3.8, 4) is 0 Å². The van der Waals surface area contributed by atoms with E-state index in [0.717, 1.165) is 6.42 Å². The van der Waals surface area contributed by atoms with Crippen LogP contribution in [0.2, 0.25) is 0 Å². The van der Waals surface area contributed by atoms with Gasteiger partial charge in [0, 0.05) is 18.7 Å². The number of rotatable bonds is 5. The summed E-state index contributed by atoms with van der Waals surface area (Å²) in [5, 5.41) is 22.3. The Kier molecular flexibility index (Phi) is 3.69. The lowest BCUT2D eigenvalue weighted by molar-refractivity contribution is -0.384. The van der Waals surface area contributed by atoms with Crippen LogP contribution in [-0.4, -0.2) is 21.9 Å². The molecule has 0 radical (unpaired) electrons.